The molecule has 7 nitrogen and oxygen atoms in total. The zero-order valence-corrected chi connectivity index (χ0v) is 11.6. The van der Waals surface area contributed by atoms with Crippen molar-refractivity contribution < 1.29 is 14.7 Å². The number of rotatable bonds is 3. The minimum atomic E-state index is -1.02. The Morgan fingerprint density at radius 1 is 1.40 bits per heavy atom. The van der Waals surface area contributed by atoms with E-state index in [9.17, 15) is 9.59 Å². The fourth-order valence-electron chi connectivity index (χ4n) is 2.33. The summed E-state index contributed by atoms with van der Waals surface area (Å²) in [4.78, 5) is 32.3. The highest BCUT2D eigenvalue weighted by Gasteiger charge is 2.22. The van der Waals surface area contributed by atoms with E-state index in [1.807, 2.05) is 4.90 Å². The van der Waals surface area contributed by atoms with Crippen molar-refractivity contribution in [2.75, 3.05) is 18.0 Å². The van der Waals surface area contributed by atoms with Gasteiger partial charge in [0.2, 0.25) is 11.9 Å². The van der Waals surface area contributed by atoms with Gasteiger partial charge in [0.25, 0.3) is 0 Å². The first-order valence-electron chi connectivity index (χ1n) is 6.56. The molecule has 0 unspecified atom stereocenters. The smallest absolute Gasteiger partial charge is 0.339 e. The maximum atomic E-state index is 11.0. The quantitative estimate of drug-likeness (QED) is 0.840. The van der Waals surface area contributed by atoms with Gasteiger partial charge in [0.15, 0.2) is 0 Å². The third kappa shape index (κ3) is 3.23. The lowest BCUT2D eigenvalue weighted by molar-refractivity contribution is -0.119. The Morgan fingerprint density at radius 3 is 2.55 bits per heavy atom. The van der Waals surface area contributed by atoms with Gasteiger partial charge in [-0.05, 0) is 19.8 Å². The summed E-state index contributed by atoms with van der Waals surface area (Å²) in [6.45, 7) is 4.68. The van der Waals surface area contributed by atoms with Gasteiger partial charge >= 0.3 is 5.97 Å². The molecular formula is C13H18N4O3. The Labute approximate surface area is 117 Å². The van der Waals surface area contributed by atoms with Crippen LogP contribution in [0.4, 0.5) is 5.95 Å². The van der Waals surface area contributed by atoms with Crippen LogP contribution in [0.1, 0.15) is 35.8 Å². The average molecular weight is 278 g/mol. The summed E-state index contributed by atoms with van der Waals surface area (Å²) < 4.78 is 0. The van der Waals surface area contributed by atoms with Crippen molar-refractivity contribution >= 4 is 17.8 Å². The second-order valence-corrected chi connectivity index (χ2v) is 4.94. The Bertz CT molecular complexity index is 524. The number of amides is 1. The van der Waals surface area contributed by atoms with Crippen LogP contribution in [0.5, 0.6) is 0 Å². The molecule has 0 radical (unpaired) electrons. The molecule has 2 rings (SSSR count). The zero-order valence-electron chi connectivity index (χ0n) is 11.6. The number of hydrogen-bond donors (Lipinski definition) is 2. The monoisotopic (exact) mass is 278 g/mol. The molecule has 20 heavy (non-hydrogen) atoms. The van der Waals surface area contributed by atoms with Crippen molar-refractivity contribution in [3.63, 3.8) is 0 Å². The summed E-state index contributed by atoms with van der Waals surface area (Å²) >= 11 is 0. The van der Waals surface area contributed by atoms with Crippen LogP contribution in [0.2, 0.25) is 0 Å². The molecule has 1 aliphatic heterocycles. The lowest BCUT2D eigenvalue weighted by Crippen LogP contribution is -2.44. The van der Waals surface area contributed by atoms with E-state index in [4.69, 9.17) is 5.11 Å². The number of aromatic nitrogens is 2. The molecule has 1 fully saturated rings. The van der Waals surface area contributed by atoms with Crippen molar-refractivity contribution in [2.24, 2.45) is 0 Å². The first-order valence-corrected chi connectivity index (χ1v) is 6.56. The number of carboxylic acids is 1. The Hall–Kier alpha value is -2.18. The van der Waals surface area contributed by atoms with Gasteiger partial charge in [0.1, 0.15) is 0 Å². The molecule has 2 heterocycles. The van der Waals surface area contributed by atoms with Crippen LogP contribution in [-0.4, -0.2) is 46.1 Å². The predicted octanol–water partition coefficient (Wildman–Crippen LogP) is 0.588. The number of aryl methyl sites for hydroxylation is 1. The standard InChI is InChI=1S/C13H18N4O3/c1-8-11(12(19)20)7-14-13(15-8)17-5-3-10(4-6-17)16-9(2)18/h7,10H,3-6H2,1-2H3,(H,16,18)(H,19,20). The number of carboxylic acid groups (broad SMARTS) is 1. The average Bonchev–Trinajstić information content (AvgIpc) is 2.38. The first kappa shape index (κ1) is 14.2. The number of hydrogen-bond acceptors (Lipinski definition) is 5. The molecule has 1 aliphatic rings. The second kappa shape index (κ2) is 5.85. The molecule has 0 saturated carbocycles. The van der Waals surface area contributed by atoms with Gasteiger partial charge < -0.3 is 15.3 Å². The zero-order chi connectivity index (χ0) is 14.7. The van der Waals surface area contributed by atoms with Crippen LogP contribution in [0.3, 0.4) is 0 Å². The summed E-state index contributed by atoms with van der Waals surface area (Å²) in [6, 6.07) is 0.197. The molecule has 0 bridgehead atoms. The van der Waals surface area contributed by atoms with E-state index in [0.717, 1.165) is 25.9 Å². The van der Waals surface area contributed by atoms with E-state index in [1.165, 1.54) is 13.1 Å². The number of anilines is 1. The van der Waals surface area contributed by atoms with Crippen molar-refractivity contribution in [1.29, 1.82) is 0 Å². The van der Waals surface area contributed by atoms with Crippen molar-refractivity contribution in [2.45, 2.75) is 32.7 Å². The Kier molecular flexibility index (Phi) is 4.16. The highest BCUT2D eigenvalue weighted by molar-refractivity contribution is 5.88. The summed E-state index contributed by atoms with van der Waals surface area (Å²) in [5.41, 5.74) is 0.591. The van der Waals surface area contributed by atoms with Crippen LogP contribution in [0.25, 0.3) is 0 Å². The highest BCUT2D eigenvalue weighted by atomic mass is 16.4. The summed E-state index contributed by atoms with van der Waals surface area (Å²) in [5.74, 6) is -0.478. The minimum absolute atomic E-state index is 0.0126. The third-order valence-corrected chi connectivity index (χ3v) is 3.38. The normalized spacial score (nSPS) is 16.0. The Balaban J connectivity index is 2.02. The van der Waals surface area contributed by atoms with Crippen molar-refractivity contribution in [3.8, 4) is 0 Å². The summed E-state index contributed by atoms with van der Waals surface area (Å²) in [5, 5.41) is 11.9. The SMILES string of the molecule is CC(=O)NC1CCN(c2ncc(C(=O)O)c(C)n2)CC1. The van der Waals surface area contributed by atoms with Gasteiger partial charge in [-0.25, -0.2) is 14.8 Å². The number of piperidine rings is 1. The Morgan fingerprint density at radius 2 is 2.05 bits per heavy atom. The van der Waals surface area contributed by atoms with Crippen molar-refractivity contribution in [3.05, 3.63) is 17.5 Å². The third-order valence-electron chi connectivity index (χ3n) is 3.38. The molecule has 108 valence electrons. The fraction of sp³-hybridized carbons (Fsp3) is 0.538. The van der Waals surface area contributed by atoms with E-state index < -0.39 is 5.97 Å². The highest BCUT2D eigenvalue weighted by Crippen LogP contribution is 2.17. The minimum Gasteiger partial charge on any atom is -0.478 e. The van der Waals surface area contributed by atoms with Crippen molar-refractivity contribution in [1.82, 2.24) is 15.3 Å². The fourth-order valence-corrected chi connectivity index (χ4v) is 2.33. The molecule has 0 spiro atoms. The lowest BCUT2D eigenvalue weighted by atomic mass is 10.1. The molecule has 1 saturated heterocycles. The van der Waals surface area contributed by atoms with Gasteiger partial charge in [-0.2, -0.15) is 0 Å². The molecule has 0 aliphatic carbocycles. The second-order valence-electron chi connectivity index (χ2n) is 4.94. The van der Waals surface area contributed by atoms with Gasteiger partial charge in [-0.3, -0.25) is 4.79 Å². The largest absolute Gasteiger partial charge is 0.478 e. The predicted molar refractivity (Wildman–Crippen MR) is 72.8 cm³/mol. The van der Waals surface area contributed by atoms with Crippen LogP contribution in [0, 0.1) is 6.92 Å². The molecule has 7 heteroatoms. The number of carbonyl (C=O) groups is 2. The maximum absolute atomic E-state index is 11.0. The van der Waals surface area contributed by atoms with Gasteiger partial charge in [0, 0.05) is 32.3 Å². The van der Waals surface area contributed by atoms with E-state index in [0.29, 0.717) is 11.6 Å². The number of nitrogens with one attached hydrogen (secondary N) is 1. The summed E-state index contributed by atoms with van der Waals surface area (Å²) in [6.07, 6.45) is 3.02. The summed E-state index contributed by atoms with van der Waals surface area (Å²) in [7, 11) is 0. The van der Waals surface area contributed by atoms with E-state index in [1.54, 1.807) is 6.92 Å². The molecule has 0 atom stereocenters. The number of carbonyl (C=O) groups excluding carboxylic acids is 1. The van der Waals surface area contributed by atoms with Gasteiger partial charge in [-0.15, -0.1) is 0 Å². The molecule has 1 aromatic heterocycles. The number of aromatic carboxylic acids is 1. The van der Waals surface area contributed by atoms with Crippen LogP contribution < -0.4 is 10.2 Å². The van der Waals surface area contributed by atoms with Crippen LogP contribution in [0.15, 0.2) is 6.20 Å². The van der Waals surface area contributed by atoms with Crippen LogP contribution in [-0.2, 0) is 4.79 Å². The van der Waals surface area contributed by atoms with E-state index >= 15 is 0 Å². The molecular weight excluding hydrogens is 260 g/mol. The number of nitrogens with zero attached hydrogens (tertiary/aromatic N) is 3. The molecule has 0 aromatic carbocycles. The lowest BCUT2D eigenvalue weighted by Gasteiger charge is -2.32. The first-order chi connectivity index (χ1) is 9.47. The van der Waals surface area contributed by atoms with Gasteiger partial charge in [-0.1, -0.05) is 0 Å². The topological polar surface area (TPSA) is 95.4 Å². The van der Waals surface area contributed by atoms with Crippen LogP contribution >= 0.6 is 0 Å². The molecule has 1 amide bonds. The van der Waals surface area contributed by atoms with E-state index in [-0.39, 0.29) is 17.5 Å². The molecule has 1 aromatic rings. The van der Waals surface area contributed by atoms with E-state index in [2.05, 4.69) is 15.3 Å². The van der Waals surface area contributed by atoms with Gasteiger partial charge in [0.05, 0.1) is 11.3 Å². The maximum Gasteiger partial charge on any atom is 0.339 e. The molecule has 2 N–H and O–H groups in total.